The number of carbonyl (C=O) groups is 1. The number of amides is 2. The van der Waals surface area contributed by atoms with E-state index in [1.165, 1.54) is 0 Å². The summed E-state index contributed by atoms with van der Waals surface area (Å²) >= 11 is 0. The van der Waals surface area contributed by atoms with Crippen LogP contribution in [0, 0.1) is 6.92 Å². The molecule has 2 N–H and O–H groups in total. The van der Waals surface area contributed by atoms with E-state index in [2.05, 4.69) is 37.2 Å². The lowest BCUT2D eigenvalue weighted by atomic mass is 10.1. The van der Waals surface area contributed by atoms with E-state index in [0.717, 1.165) is 27.9 Å². The molecule has 3 rings (SSSR count). The number of fused-ring (bicyclic) bond motifs is 1. The van der Waals surface area contributed by atoms with Crippen LogP contribution in [0.3, 0.4) is 0 Å². The molecule has 104 valence electrons. The predicted octanol–water partition coefficient (Wildman–Crippen LogP) is 2.56. The second-order valence-electron chi connectivity index (χ2n) is 4.46. The molecule has 0 aliphatic rings. The Morgan fingerprint density at radius 2 is 2.24 bits per heavy atom. The van der Waals surface area contributed by atoms with Crippen LogP contribution in [-0.2, 0) is 0 Å². The molecular formula is C14H12N6O. The number of anilines is 1. The molecule has 7 nitrogen and oxygen atoms in total. The van der Waals surface area contributed by atoms with Crippen molar-refractivity contribution in [1.29, 1.82) is 0 Å². The molecule has 0 saturated heterocycles. The van der Waals surface area contributed by atoms with Gasteiger partial charge in [-0.25, -0.2) is 14.8 Å². The number of H-pyrrole nitrogens is 1. The molecule has 0 unspecified atom stereocenters. The van der Waals surface area contributed by atoms with Gasteiger partial charge >= 0.3 is 6.03 Å². The molecule has 0 atom stereocenters. The summed E-state index contributed by atoms with van der Waals surface area (Å²) in [5, 5.41) is 10.6. The van der Waals surface area contributed by atoms with Crippen molar-refractivity contribution in [3.63, 3.8) is 0 Å². The van der Waals surface area contributed by atoms with Crippen LogP contribution < -0.4 is 5.32 Å². The number of aromatic nitrogens is 4. The molecule has 0 saturated carbocycles. The van der Waals surface area contributed by atoms with E-state index < -0.39 is 6.03 Å². The van der Waals surface area contributed by atoms with Gasteiger partial charge in [-0.15, -0.1) is 0 Å². The number of hydrogen-bond donors (Lipinski definition) is 2. The number of rotatable bonds is 2. The maximum Gasteiger partial charge on any atom is 0.345 e. The smallest absolute Gasteiger partial charge is 0.290 e. The summed E-state index contributed by atoms with van der Waals surface area (Å²) in [4.78, 5) is 22.8. The van der Waals surface area contributed by atoms with Crippen LogP contribution in [0.15, 0.2) is 35.6 Å². The third-order valence-electron chi connectivity index (χ3n) is 3.00. The lowest BCUT2D eigenvalue weighted by Gasteiger charge is -2.01. The minimum atomic E-state index is -0.550. The molecule has 2 amide bonds. The Hall–Kier alpha value is -3.09. The van der Waals surface area contributed by atoms with Crippen molar-refractivity contribution in [3.05, 3.63) is 36.3 Å². The molecule has 0 bridgehead atoms. The fourth-order valence-corrected chi connectivity index (χ4v) is 2.04. The molecule has 0 spiro atoms. The molecular weight excluding hydrogens is 268 g/mol. The SMILES string of the molecule is C=NC(=O)Nc1cc2[nH]nc(-c3ccnc(C)c3)c2cn1. The normalized spacial score (nSPS) is 10.5. The third-order valence-corrected chi connectivity index (χ3v) is 3.00. The van der Waals surface area contributed by atoms with Crippen molar-refractivity contribution < 1.29 is 4.79 Å². The maximum atomic E-state index is 11.2. The Balaban J connectivity index is 2.03. The fraction of sp³-hybridized carbons (Fsp3) is 0.0714. The lowest BCUT2D eigenvalue weighted by molar-refractivity contribution is 0.259. The van der Waals surface area contributed by atoms with Crippen LogP contribution in [0.5, 0.6) is 0 Å². The summed E-state index contributed by atoms with van der Waals surface area (Å²) in [5.41, 5.74) is 3.44. The van der Waals surface area contributed by atoms with Gasteiger partial charge in [0.1, 0.15) is 11.5 Å². The number of urea groups is 1. The van der Waals surface area contributed by atoms with Gasteiger partial charge in [0.05, 0.1) is 5.52 Å². The van der Waals surface area contributed by atoms with E-state index in [1.807, 2.05) is 19.1 Å². The van der Waals surface area contributed by atoms with Gasteiger partial charge in [-0.1, -0.05) is 0 Å². The second-order valence-corrected chi connectivity index (χ2v) is 4.46. The highest BCUT2D eigenvalue weighted by atomic mass is 16.2. The Morgan fingerprint density at radius 3 is 3.00 bits per heavy atom. The van der Waals surface area contributed by atoms with E-state index in [4.69, 9.17) is 0 Å². The van der Waals surface area contributed by atoms with Gasteiger partial charge in [0.25, 0.3) is 0 Å². The van der Waals surface area contributed by atoms with Gasteiger partial charge in [-0.3, -0.25) is 15.4 Å². The van der Waals surface area contributed by atoms with Crippen LogP contribution in [0.4, 0.5) is 10.6 Å². The summed E-state index contributed by atoms with van der Waals surface area (Å²) in [6.45, 7) is 5.08. The van der Waals surface area contributed by atoms with Crippen LogP contribution >= 0.6 is 0 Å². The first-order valence-corrected chi connectivity index (χ1v) is 6.22. The number of pyridine rings is 2. The third kappa shape index (κ3) is 2.48. The molecule has 21 heavy (non-hydrogen) atoms. The summed E-state index contributed by atoms with van der Waals surface area (Å²) in [5.74, 6) is 0.390. The molecule has 3 heterocycles. The molecule has 0 fully saturated rings. The highest BCUT2D eigenvalue weighted by molar-refractivity contribution is 5.96. The standard InChI is InChI=1S/C14H12N6O/c1-8-5-9(3-4-16-8)13-10-7-17-12(18-14(21)15-2)6-11(10)19-20-13/h3-7H,2H2,1H3,(H,19,20)(H,17,18,21). The quantitative estimate of drug-likeness (QED) is 0.705. The van der Waals surface area contributed by atoms with Gasteiger partial charge < -0.3 is 0 Å². The maximum absolute atomic E-state index is 11.2. The van der Waals surface area contributed by atoms with Crippen molar-refractivity contribution in [2.45, 2.75) is 6.92 Å². The van der Waals surface area contributed by atoms with Crippen molar-refractivity contribution in [1.82, 2.24) is 20.2 Å². The first-order chi connectivity index (χ1) is 10.2. The number of aliphatic imine (C=N–C) groups is 1. The lowest BCUT2D eigenvalue weighted by Crippen LogP contribution is -2.06. The monoisotopic (exact) mass is 280 g/mol. The zero-order valence-electron chi connectivity index (χ0n) is 11.3. The molecule has 7 heteroatoms. The number of nitrogens with one attached hydrogen (secondary N) is 2. The van der Waals surface area contributed by atoms with Crippen LogP contribution in [-0.4, -0.2) is 32.9 Å². The Morgan fingerprint density at radius 1 is 1.38 bits per heavy atom. The molecule has 3 aromatic rings. The van der Waals surface area contributed by atoms with Crippen molar-refractivity contribution >= 4 is 29.5 Å². The number of carbonyl (C=O) groups excluding carboxylic acids is 1. The minimum absolute atomic E-state index is 0.390. The van der Waals surface area contributed by atoms with Crippen LogP contribution in [0.25, 0.3) is 22.2 Å². The van der Waals surface area contributed by atoms with E-state index in [1.54, 1.807) is 18.5 Å². The van der Waals surface area contributed by atoms with E-state index >= 15 is 0 Å². The topological polar surface area (TPSA) is 95.9 Å². The Labute approximate surface area is 120 Å². The number of aryl methyl sites for hydroxylation is 1. The van der Waals surface area contributed by atoms with Gasteiger partial charge in [0.2, 0.25) is 0 Å². The average Bonchev–Trinajstić information content (AvgIpc) is 2.90. The van der Waals surface area contributed by atoms with E-state index in [0.29, 0.717) is 5.82 Å². The number of hydrogen-bond acceptors (Lipinski definition) is 4. The molecule has 0 radical (unpaired) electrons. The van der Waals surface area contributed by atoms with Crippen molar-refractivity contribution in [2.24, 2.45) is 4.99 Å². The fourth-order valence-electron chi connectivity index (χ4n) is 2.04. The zero-order chi connectivity index (χ0) is 14.8. The summed E-state index contributed by atoms with van der Waals surface area (Å²) in [6, 6.07) is 4.99. The van der Waals surface area contributed by atoms with Crippen LogP contribution in [0.1, 0.15) is 5.69 Å². The summed E-state index contributed by atoms with van der Waals surface area (Å²) < 4.78 is 0. The summed E-state index contributed by atoms with van der Waals surface area (Å²) in [6.07, 6.45) is 3.39. The Kier molecular flexibility index (Phi) is 3.15. The predicted molar refractivity (Wildman–Crippen MR) is 80.4 cm³/mol. The van der Waals surface area contributed by atoms with E-state index in [9.17, 15) is 4.79 Å². The molecule has 0 aliphatic carbocycles. The molecule has 0 aromatic carbocycles. The Bertz CT molecular complexity index is 838. The largest absolute Gasteiger partial charge is 0.345 e. The van der Waals surface area contributed by atoms with Gasteiger partial charge in [0, 0.05) is 35.1 Å². The van der Waals surface area contributed by atoms with Crippen molar-refractivity contribution in [2.75, 3.05) is 5.32 Å². The summed E-state index contributed by atoms with van der Waals surface area (Å²) in [7, 11) is 0. The van der Waals surface area contributed by atoms with Gasteiger partial charge in [-0.05, 0) is 25.8 Å². The highest BCUT2D eigenvalue weighted by Gasteiger charge is 2.10. The number of nitrogens with zero attached hydrogens (tertiary/aromatic N) is 4. The highest BCUT2D eigenvalue weighted by Crippen LogP contribution is 2.26. The van der Waals surface area contributed by atoms with Crippen LogP contribution in [0.2, 0.25) is 0 Å². The average molecular weight is 280 g/mol. The van der Waals surface area contributed by atoms with Crippen molar-refractivity contribution in [3.8, 4) is 11.3 Å². The van der Waals surface area contributed by atoms with Gasteiger partial charge in [-0.2, -0.15) is 5.10 Å². The van der Waals surface area contributed by atoms with E-state index in [-0.39, 0.29) is 0 Å². The first-order valence-electron chi connectivity index (χ1n) is 6.22. The first kappa shape index (κ1) is 12.9. The van der Waals surface area contributed by atoms with Gasteiger partial charge in [0.15, 0.2) is 0 Å². The number of aromatic amines is 1. The molecule has 3 aromatic heterocycles. The minimum Gasteiger partial charge on any atom is -0.290 e. The second kappa shape index (κ2) is 5.12. The molecule has 0 aliphatic heterocycles. The zero-order valence-corrected chi connectivity index (χ0v) is 11.3.